The summed E-state index contributed by atoms with van der Waals surface area (Å²) in [5, 5.41) is 0. The van der Waals surface area contributed by atoms with Gasteiger partial charge in [-0.3, -0.25) is 10.8 Å². The second-order valence-electron chi connectivity index (χ2n) is 3.95. The van der Waals surface area contributed by atoms with E-state index in [0.29, 0.717) is 5.69 Å². The van der Waals surface area contributed by atoms with Crippen LogP contribution in [0.4, 0.5) is 8.78 Å². The fraction of sp³-hybridized carbons (Fsp3) is 0.154. The summed E-state index contributed by atoms with van der Waals surface area (Å²) >= 11 is 0. The molecule has 3 N–H and O–H groups in total. The number of pyridine rings is 1. The molecule has 3 nitrogen and oxygen atoms in total. The lowest BCUT2D eigenvalue weighted by Crippen LogP contribution is -2.30. The highest BCUT2D eigenvalue weighted by atomic mass is 19.2. The maximum atomic E-state index is 13.7. The topological polar surface area (TPSA) is 50.9 Å². The van der Waals surface area contributed by atoms with Crippen molar-refractivity contribution in [3.63, 3.8) is 0 Å². The summed E-state index contributed by atoms with van der Waals surface area (Å²) in [6.07, 6.45) is 0. The van der Waals surface area contributed by atoms with Crippen molar-refractivity contribution < 1.29 is 8.78 Å². The maximum Gasteiger partial charge on any atom is 0.164 e. The number of benzene rings is 1. The van der Waals surface area contributed by atoms with Crippen LogP contribution in [0.1, 0.15) is 23.0 Å². The summed E-state index contributed by atoms with van der Waals surface area (Å²) < 4.78 is 26.9. The van der Waals surface area contributed by atoms with Crippen LogP contribution in [0, 0.1) is 18.6 Å². The minimum Gasteiger partial charge on any atom is -0.271 e. The van der Waals surface area contributed by atoms with E-state index in [2.05, 4.69) is 10.4 Å². The van der Waals surface area contributed by atoms with Gasteiger partial charge in [0.1, 0.15) is 0 Å². The summed E-state index contributed by atoms with van der Waals surface area (Å²) in [6, 6.07) is 8.62. The van der Waals surface area contributed by atoms with Crippen molar-refractivity contribution >= 4 is 0 Å². The van der Waals surface area contributed by atoms with Gasteiger partial charge in [-0.2, -0.15) is 0 Å². The first-order chi connectivity index (χ1) is 8.63. The van der Waals surface area contributed by atoms with E-state index in [-0.39, 0.29) is 5.56 Å². The minimum atomic E-state index is -0.913. The van der Waals surface area contributed by atoms with Crippen LogP contribution in [0.25, 0.3) is 0 Å². The maximum absolute atomic E-state index is 13.7. The van der Waals surface area contributed by atoms with E-state index >= 15 is 0 Å². The highest BCUT2D eigenvalue weighted by molar-refractivity contribution is 5.30. The largest absolute Gasteiger partial charge is 0.271 e. The fourth-order valence-corrected chi connectivity index (χ4v) is 1.80. The molecule has 2 aromatic rings. The molecule has 0 amide bonds. The number of nitrogens with one attached hydrogen (secondary N) is 1. The highest BCUT2D eigenvalue weighted by Gasteiger charge is 2.19. The zero-order valence-electron chi connectivity index (χ0n) is 9.82. The van der Waals surface area contributed by atoms with Crippen LogP contribution in [-0.2, 0) is 0 Å². The summed E-state index contributed by atoms with van der Waals surface area (Å²) in [4.78, 5) is 4.26. The molecule has 1 aromatic carbocycles. The van der Waals surface area contributed by atoms with Crippen molar-refractivity contribution in [2.24, 2.45) is 5.84 Å². The summed E-state index contributed by atoms with van der Waals surface area (Å²) in [5.74, 6) is 3.61. The molecule has 1 unspecified atom stereocenters. The minimum absolute atomic E-state index is 0.135. The van der Waals surface area contributed by atoms with Gasteiger partial charge >= 0.3 is 0 Å². The molecule has 1 atom stereocenters. The van der Waals surface area contributed by atoms with Crippen LogP contribution in [0.3, 0.4) is 0 Å². The van der Waals surface area contributed by atoms with Crippen LogP contribution in [-0.4, -0.2) is 4.98 Å². The Labute approximate surface area is 104 Å². The quantitative estimate of drug-likeness (QED) is 0.647. The standard InChI is InChI=1S/C13H13F2N3/c1-8-4-2-7-11(17-8)13(18-16)9-5-3-6-10(14)12(9)15/h2-7,13,18H,16H2,1H3. The molecule has 0 aliphatic rings. The molecule has 0 saturated heterocycles. The van der Waals surface area contributed by atoms with Gasteiger partial charge in [-0.15, -0.1) is 0 Å². The molecule has 0 aliphatic carbocycles. The zero-order chi connectivity index (χ0) is 13.1. The Morgan fingerprint density at radius 1 is 1.17 bits per heavy atom. The number of rotatable bonds is 3. The third-order valence-electron chi connectivity index (χ3n) is 2.66. The Balaban J connectivity index is 2.49. The molecule has 1 aromatic heterocycles. The SMILES string of the molecule is Cc1cccc(C(NN)c2cccc(F)c2F)n1. The first-order valence-electron chi connectivity index (χ1n) is 5.47. The molecular weight excluding hydrogens is 236 g/mol. The monoisotopic (exact) mass is 249 g/mol. The molecule has 1 heterocycles. The molecule has 18 heavy (non-hydrogen) atoms. The Morgan fingerprint density at radius 3 is 2.56 bits per heavy atom. The van der Waals surface area contributed by atoms with Crippen LogP contribution in [0.5, 0.6) is 0 Å². The fourth-order valence-electron chi connectivity index (χ4n) is 1.80. The summed E-state index contributed by atoms with van der Waals surface area (Å²) in [7, 11) is 0. The average molecular weight is 249 g/mol. The van der Waals surface area contributed by atoms with Gasteiger partial charge in [-0.25, -0.2) is 14.2 Å². The number of aromatic nitrogens is 1. The smallest absolute Gasteiger partial charge is 0.164 e. The van der Waals surface area contributed by atoms with Gasteiger partial charge < -0.3 is 0 Å². The number of aryl methyl sites for hydroxylation is 1. The molecule has 2 rings (SSSR count). The molecule has 0 saturated carbocycles. The predicted octanol–water partition coefficient (Wildman–Crippen LogP) is 2.22. The molecular formula is C13H13F2N3. The van der Waals surface area contributed by atoms with E-state index in [4.69, 9.17) is 5.84 Å². The third-order valence-corrected chi connectivity index (χ3v) is 2.66. The first-order valence-corrected chi connectivity index (χ1v) is 5.47. The lowest BCUT2D eigenvalue weighted by molar-refractivity contribution is 0.481. The lowest BCUT2D eigenvalue weighted by atomic mass is 10.0. The van der Waals surface area contributed by atoms with Crippen molar-refractivity contribution in [2.45, 2.75) is 13.0 Å². The van der Waals surface area contributed by atoms with E-state index in [1.807, 2.05) is 13.0 Å². The number of hydrogen-bond donors (Lipinski definition) is 2. The van der Waals surface area contributed by atoms with Gasteiger partial charge in [0, 0.05) is 11.3 Å². The normalized spacial score (nSPS) is 12.4. The number of hydrogen-bond acceptors (Lipinski definition) is 3. The Morgan fingerprint density at radius 2 is 1.89 bits per heavy atom. The molecule has 0 radical (unpaired) electrons. The van der Waals surface area contributed by atoms with Crippen molar-refractivity contribution in [1.29, 1.82) is 0 Å². The molecule has 0 spiro atoms. The van der Waals surface area contributed by atoms with Gasteiger partial charge in [0.15, 0.2) is 11.6 Å². The predicted molar refractivity (Wildman–Crippen MR) is 64.5 cm³/mol. The Kier molecular flexibility index (Phi) is 3.64. The Bertz CT molecular complexity index is 558. The lowest BCUT2D eigenvalue weighted by Gasteiger charge is -2.17. The van der Waals surface area contributed by atoms with Gasteiger partial charge in [0.05, 0.1) is 11.7 Å². The molecule has 0 bridgehead atoms. The van der Waals surface area contributed by atoms with Crippen molar-refractivity contribution in [2.75, 3.05) is 0 Å². The molecule has 94 valence electrons. The van der Waals surface area contributed by atoms with Crippen molar-refractivity contribution in [3.05, 3.63) is 65.0 Å². The molecule has 5 heteroatoms. The van der Waals surface area contributed by atoms with E-state index in [0.717, 1.165) is 11.8 Å². The van der Waals surface area contributed by atoms with Gasteiger partial charge in [0.2, 0.25) is 0 Å². The number of halogens is 2. The number of hydrazine groups is 1. The number of nitrogens with zero attached hydrogens (tertiary/aromatic N) is 1. The number of nitrogens with two attached hydrogens (primary N) is 1. The first kappa shape index (κ1) is 12.6. The Hall–Kier alpha value is -1.85. The molecule has 0 aliphatic heterocycles. The van der Waals surface area contributed by atoms with E-state index in [9.17, 15) is 8.78 Å². The zero-order valence-corrected chi connectivity index (χ0v) is 9.82. The van der Waals surface area contributed by atoms with Crippen molar-refractivity contribution in [1.82, 2.24) is 10.4 Å². The average Bonchev–Trinajstić information content (AvgIpc) is 2.35. The molecule has 0 fully saturated rings. The third kappa shape index (κ3) is 2.37. The van der Waals surface area contributed by atoms with E-state index in [1.54, 1.807) is 12.1 Å². The van der Waals surface area contributed by atoms with Gasteiger partial charge in [0.25, 0.3) is 0 Å². The highest BCUT2D eigenvalue weighted by Crippen LogP contribution is 2.23. The summed E-state index contributed by atoms with van der Waals surface area (Å²) in [6.45, 7) is 1.82. The van der Waals surface area contributed by atoms with Gasteiger partial charge in [-0.1, -0.05) is 18.2 Å². The van der Waals surface area contributed by atoms with Crippen LogP contribution in [0.2, 0.25) is 0 Å². The van der Waals surface area contributed by atoms with Crippen molar-refractivity contribution in [3.8, 4) is 0 Å². The second kappa shape index (κ2) is 5.20. The van der Waals surface area contributed by atoms with Crippen LogP contribution < -0.4 is 11.3 Å². The summed E-state index contributed by atoms with van der Waals surface area (Å²) in [5.41, 5.74) is 3.92. The van der Waals surface area contributed by atoms with Gasteiger partial charge in [-0.05, 0) is 25.1 Å². The van der Waals surface area contributed by atoms with Crippen LogP contribution in [0.15, 0.2) is 36.4 Å². The van der Waals surface area contributed by atoms with Crippen LogP contribution >= 0.6 is 0 Å². The second-order valence-corrected chi connectivity index (χ2v) is 3.95. The van der Waals surface area contributed by atoms with E-state index < -0.39 is 17.7 Å². The van der Waals surface area contributed by atoms with E-state index in [1.165, 1.54) is 12.1 Å².